The minimum Gasteiger partial charge on any atom is -0.342 e. The van der Waals surface area contributed by atoms with Gasteiger partial charge in [-0.3, -0.25) is 0 Å². The van der Waals surface area contributed by atoms with E-state index in [0.717, 1.165) is 29.7 Å². The second kappa shape index (κ2) is 4.66. The fraction of sp³-hybridized carbons (Fsp3) is 0.588. The average Bonchev–Trinajstić information content (AvgIpc) is 2.82. The zero-order chi connectivity index (χ0) is 14.3. The molecule has 1 aromatic heterocycles. The van der Waals surface area contributed by atoms with Crippen LogP contribution in [0.15, 0.2) is 18.2 Å². The summed E-state index contributed by atoms with van der Waals surface area (Å²) in [5, 5.41) is 0. The Morgan fingerprint density at radius 1 is 1.00 bits per heavy atom. The Morgan fingerprint density at radius 3 is 2.21 bits per heavy atom. The second-order valence-electron chi connectivity index (χ2n) is 6.79. The predicted molar refractivity (Wildman–Crippen MR) is 82.7 cm³/mol. The molecule has 0 aliphatic carbocycles. The van der Waals surface area contributed by atoms with Crippen molar-refractivity contribution in [2.24, 2.45) is 0 Å². The standard InChI is InChI=1S/C17H26N2/c1-7-16(3,4)12-9-10-13-14(11-12)19-15(18-13)17(5,6)8-2/h9-11H,7-8H2,1-6H3,(H,18,19). The van der Waals surface area contributed by atoms with E-state index in [9.17, 15) is 0 Å². The molecule has 1 heterocycles. The molecule has 0 radical (unpaired) electrons. The summed E-state index contributed by atoms with van der Waals surface area (Å²) in [5.74, 6) is 1.09. The molecule has 2 heteroatoms. The largest absolute Gasteiger partial charge is 0.342 e. The molecule has 0 spiro atoms. The van der Waals surface area contributed by atoms with Gasteiger partial charge >= 0.3 is 0 Å². The predicted octanol–water partition coefficient (Wildman–Crippen LogP) is 4.94. The van der Waals surface area contributed by atoms with Crippen LogP contribution in [0.25, 0.3) is 11.0 Å². The van der Waals surface area contributed by atoms with Gasteiger partial charge in [0, 0.05) is 5.41 Å². The van der Waals surface area contributed by atoms with Crippen LogP contribution in [0.5, 0.6) is 0 Å². The highest BCUT2D eigenvalue weighted by atomic mass is 14.9. The number of nitrogens with zero attached hydrogens (tertiary/aromatic N) is 1. The fourth-order valence-corrected chi connectivity index (χ4v) is 2.12. The summed E-state index contributed by atoms with van der Waals surface area (Å²) in [5.41, 5.74) is 3.95. The number of fused-ring (bicyclic) bond motifs is 1. The maximum absolute atomic E-state index is 4.75. The van der Waals surface area contributed by atoms with E-state index in [2.05, 4.69) is 64.7 Å². The Hall–Kier alpha value is -1.31. The number of hydrogen-bond acceptors (Lipinski definition) is 1. The third-order valence-corrected chi connectivity index (χ3v) is 4.67. The molecule has 1 aromatic carbocycles. The summed E-state index contributed by atoms with van der Waals surface area (Å²) >= 11 is 0. The Morgan fingerprint density at radius 2 is 1.63 bits per heavy atom. The first kappa shape index (κ1) is 14.1. The lowest BCUT2D eigenvalue weighted by Crippen LogP contribution is -2.17. The SMILES string of the molecule is CCC(C)(C)c1ccc2nc(C(C)(C)CC)[nH]c2c1. The maximum Gasteiger partial charge on any atom is 0.112 e. The molecule has 0 aliphatic rings. The van der Waals surface area contributed by atoms with Crippen LogP contribution in [0, 0.1) is 0 Å². The van der Waals surface area contributed by atoms with E-state index in [4.69, 9.17) is 4.98 Å². The Bertz CT molecular complexity index is 562. The summed E-state index contributed by atoms with van der Waals surface area (Å²) in [4.78, 5) is 8.26. The summed E-state index contributed by atoms with van der Waals surface area (Å²) < 4.78 is 0. The van der Waals surface area contributed by atoms with Crippen molar-refractivity contribution in [1.82, 2.24) is 9.97 Å². The highest BCUT2D eigenvalue weighted by Crippen LogP contribution is 2.31. The minimum atomic E-state index is 0.111. The van der Waals surface area contributed by atoms with Crippen molar-refractivity contribution < 1.29 is 0 Å². The number of nitrogens with one attached hydrogen (secondary N) is 1. The van der Waals surface area contributed by atoms with E-state index in [1.165, 1.54) is 5.56 Å². The zero-order valence-corrected chi connectivity index (χ0v) is 13.1. The second-order valence-corrected chi connectivity index (χ2v) is 6.79. The molecule has 1 N–H and O–H groups in total. The van der Waals surface area contributed by atoms with Crippen molar-refractivity contribution in [2.75, 3.05) is 0 Å². The number of imidazole rings is 1. The fourth-order valence-electron chi connectivity index (χ4n) is 2.12. The third-order valence-electron chi connectivity index (χ3n) is 4.67. The quantitative estimate of drug-likeness (QED) is 0.827. The van der Waals surface area contributed by atoms with Crippen LogP contribution in [0.4, 0.5) is 0 Å². The van der Waals surface area contributed by atoms with E-state index in [1.54, 1.807) is 0 Å². The van der Waals surface area contributed by atoms with Gasteiger partial charge in [0.15, 0.2) is 0 Å². The Labute approximate surface area is 116 Å². The molecule has 2 rings (SSSR count). The lowest BCUT2D eigenvalue weighted by molar-refractivity contribution is 0.479. The molecule has 0 atom stereocenters. The molecule has 2 nitrogen and oxygen atoms in total. The highest BCUT2D eigenvalue weighted by Gasteiger charge is 2.23. The zero-order valence-electron chi connectivity index (χ0n) is 13.1. The van der Waals surface area contributed by atoms with E-state index in [1.807, 2.05) is 0 Å². The van der Waals surface area contributed by atoms with E-state index < -0.39 is 0 Å². The summed E-state index contributed by atoms with van der Waals surface area (Å²) in [6.45, 7) is 13.5. The van der Waals surface area contributed by atoms with Gasteiger partial charge in [-0.2, -0.15) is 0 Å². The van der Waals surface area contributed by atoms with E-state index >= 15 is 0 Å². The number of rotatable bonds is 4. The van der Waals surface area contributed by atoms with Crippen molar-refractivity contribution in [1.29, 1.82) is 0 Å². The number of benzene rings is 1. The maximum atomic E-state index is 4.75. The molecule has 19 heavy (non-hydrogen) atoms. The Kier molecular flexibility index (Phi) is 3.46. The van der Waals surface area contributed by atoms with Gasteiger partial charge in [0.05, 0.1) is 11.0 Å². The normalized spacial score (nSPS) is 13.2. The summed E-state index contributed by atoms with van der Waals surface area (Å²) in [6, 6.07) is 6.63. The van der Waals surface area contributed by atoms with Crippen LogP contribution in [0.1, 0.15) is 65.8 Å². The molecule has 104 valence electrons. The molecule has 2 aromatic rings. The molecular weight excluding hydrogens is 232 g/mol. The van der Waals surface area contributed by atoms with Gasteiger partial charge in [0.25, 0.3) is 0 Å². The van der Waals surface area contributed by atoms with Crippen molar-refractivity contribution >= 4 is 11.0 Å². The minimum absolute atomic E-state index is 0.111. The summed E-state index contributed by atoms with van der Waals surface area (Å²) in [6.07, 6.45) is 2.22. The molecule has 0 saturated carbocycles. The van der Waals surface area contributed by atoms with Crippen LogP contribution in [-0.2, 0) is 10.8 Å². The average molecular weight is 258 g/mol. The van der Waals surface area contributed by atoms with Crippen LogP contribution in [0.3, 0.4) is 0 Å². The number of H-pyrrole nitrogens is 1. The number of aromatic amines is 1. The molecule has 0 saturated heterocycles. The third kappa shape index (κ3) is 2.54. The van der Waals surface area contributed by atoms with Crippen molar-refractivity contribution in [3.8, 4) is 0 Å². The first-order valence-electron chi connectivity index (χ1n) is 7.31. The highest BCUT2D eigenvalue weighted by molar-refractivity contribution is 5.76. The van der Waals surface area contributed by atoms with Crippen molar-refractivity contribution in [2.45, 2.75) is 65.2 Å². The molecule has 0 aliphatic heterocycles. The van der Waals surface area contributed by atoms with Gasteiger partial charge in [-0.15, -0.1) is 0 Å². The lowest BCUT2D eigenvalue weighted by atomic mass is 9.82. The van der Waals surface area contributed by atoms with Crippen LogP contribution in [-0.4, -0.2) is 9.97 Å². The van der Waals surface area contributed by atoms with E-state index in [-0.39, 0.29) is 10.8 Å². The van der Waals surface area contributed by atoms with Crippen LogP contribution < -0.4 is 0 Å². The molecular formula is C17H26N2. The molecule has 0 unspecified atom stereocenters. The van der Waals surface area contributed by atoms with Gasteiger partial charge in [0.2, 0.25) is 0 Å². The van der Waals surface area contributed by atoms with Gasteiger partial charge in [0.1, 0.15) is 5.82 Å². The topological polar surface area (TPSA) is 28.7 Å². The molecule has 0 amide bonds. The first-order valence-corrected chi connectivity index (χ1v) is 7.31. The van der Waals surface area contributed by atoms with Crippen LogP contribution in [0.2, 0.25) is 0 Å². The van der Waals surface area contributed by atoms with E-state index in [0.29, 0.717) is 0 Å². The summed E-state index contributed by atoms with van der Waals surface area (Å²) in [7, 11) is 0. The number of aromatic nitrogens is 2. The van der Waals surface area contributed by atoms with Crippen molar-refractivity contribution in [3.63, 3.8) is 0 Å². The van der Waals surface area contributed by atoms with Gasteiger partial charge in [-0.05, 0) is 36.0 Å². The molecule has 0 bridgehead atoms. The lowest BCUT2D eigenvalue weighted by Gasteiger charge is -2.23. The first-order chi connectivity index (χ1) is 8.80. The van der Waals surface area contributed by atoms with Gasteiger partial charge in [-0.1, -0.05) is 47.6 Å². The Balaban J connectivity index is 2.51. The van der Waals surface area contributed by atoms with Crippen LogP contribution >= 0.6 is 0 Å². The van der Waals surface area contributed by atoms with Crippen molar-refractivity contribution in [3.05, 3.63) is 29.6 Å². The van der Waals surface area contributed by atoms with Gasteiger partial charge < -0.3 is 4.98 Å². The monoisotopic (exact) mass is 258 g/mol. The van der Waals surface area contributed by atoms with Gasteiger partial charge in [-0.25, -0.2) is 4.98 Å². The molecule has 0 fully saturated rings. The smallest absolute Gasteiger partial charge is 0.112 e. The number of hydrogen-bond donors (Lipinski definition) is 1.